The zero-order valence-corrected chi connectivity index (χ0v) is 23.5. The van der Waals surface area contributed by atoms with E-state index in [-0.39, 0.29) is 18.0 Å². The maximum atomic E-state index is 14.0. The van der Waals surface area contributed by atoms with E-state index in [1.165, 1.54) is 0 Å². The van der Waals surface area contributed by atoms with Gasteiger partial charge in [0.1, 0.15) is 5.60 Å². The molecule has 1 aromatic rings. The first kappa shape index (κ1) is 33.1. The molecule has 0 bridgehead atoms. The Bertz CT molecular complexity index is 1060. The van der Waals surface area contributed by atoms with Crippen LogP contribution in [0, 0.1) is 29.1 Å². The van der Waals surface area contributed by atoms with Crippen molar-refractivity contribution in [2.75, 3.05) is 6.54 Å². The Morgan fingerprint density at radius 2 is 1.47 bits per heavy atom. The van der Waals surface area contributed by atoms with Crippen LogP contribution in [0.4, 0.5) is 26.7 Å². The normalized spacial score (nSPS) is 13.8. The van der Waals surface area contributed by atoms with Crippen LogP contribution in [0.1, 0.15) is 54.4 Å². The van der Waals surface area contributed by atoms with Crippen LogP contribution in [0.15, 0.2) is 5.11 Å². The van der Waals surface area contributed by atoms with E-state index in [4.69, 9.17) is 14.7 Å². The fourth-order valence-corrected chi connectivity index (χ4v) is 4.25. The van der Waals surface area contributed by atoms with Crippen molar-refractivity contribution in [2.24, 2.45) is 5.11 Å². The minimum atomic E-state index is -2.46. The second-order valence-electron chi connectivity index (χ2n) is 11.1. The molecular weight excluding hydrogens is 535 g/mol. The lowest BCUT2D eigenvalue weighted by Crippen LogP contribution is -2.48. The molecule has 0 aliphatic carbocycles. The second-order valence-corrected chi connectivity index (χ2v) is 15.8. The van der Waals surface area contributed by atoms with Gasteiger partial charge >= 0.3 is 12.1 Å². The smallest absolute Gasteiger partial charge is 0.407 e. The number of carbonyl (C=O) groups is 2. The summed E-state index contributed by atoms with van der Waals surface area (Å²) >= 11 is 0. The highest BCUT2D eigenvalue weighted by atomic mass is 28.4. The molecule has 0 radical (unpaired) electrons. The van der Waals surface area contributed by atoms with Crippen LogP contribution >= 0.6 is 0 Å². The molecule has 0 saturated heterocycles. The van der Waals surface area contributed by atoms with Gasteiger partial charge in [-0.05, 0) is 50.9 Å². The van der Waals surface area contributed by atoms with E-state index in [2.05, 4.69) is 20.1 Å². The van der Waals surface area contributed by atoms with Crippen molar-refractivity contribution < 1.29 is 45.4 Å². The Hall–Kier alpha value is -2.90. The maximum absolute atomic E-state index is 14.0. The highest BCUT2D eigenvalue weighted by molar-refractivity contribution is 6.74. The highest BCUT2D eigenvalue weighted by Gasteiger charge is 2.40. The van der Waals surface area contributed by atoms with Crippen molar-refractivity contribution in [3.8, 4) is 5.75 Å². The van der Waals surface area contributed by atoms with E-state index in [1.807, 2.05) is 33.9 Å². The molecule has 0 aliphatic rings. The Balaban J connectivity index is 3.28. The number of esters is 1. The molecule has 0 heterocycles. The topological polar surface area (TPSA) is 123 Å². The fourth-order valence-electron chi connectivity index (χ4n) is 2.90. The van der Waals surface area contributed by atoms with E-state index < -0.39 is 79.4 Å². The number of carbonyl (C=O) groups excluding carboxylic acids is 2. The molecule has 1 amide bonds. The van der Waals surface area contributed by atoms with Gasteiger partial charge < -0.3 is 19.2 Å². The van der Waals surface area contributed by atoms with E-state index in [0.717, 1.165) is 0 Å². The highest BCUT2D eigenvalue weighted by Crippen LogP contribution is 2.38. The molecule has 214 valence electrons. The molecule has 0 spiro atoms. The van der Waals surface area contributed by atoms with Crippen molar-refractivity contribution in [3.05, 3.63) is 39.5 Å². The molecule has 0 aliphatic heterocycles. The van der Waals surface area contributed by atoms with Crippen molar-refractivity contribution in [1.29, 1.82) is 0 Å². The molecule has 0 aromatic heterocycles. The summed E-state index contributed by atoms with van der Waals surface area (Å²) in [5, 5.41) is 5.69. The average Bonchev–Trinajstić information content (AvgIpc) is 2.75. The lowest BCUT2D eigenvalue weighted by Gasteiger charge is -2.39. The number of nitrogens with zero attached hydrogens (tertiary/aromatic N) is 3. The number of hydrogen-bond acceptors (Lipinski definition) is 6. The number of nitrogens with one attached hydrogen (secondary N) is 1. The van der Waals surface area contributed by atoms with Crippen molar-refractivity contribution in [3.63, 3.8) is 0 Å². The Labute approximate surface area is 218 Å². The largest absolute Gasteiger partial charge is 0.444 e. The standard InChI is InChI=1S/C23H33F5N4O5Si/c1-22(2,3)36-21(34)31-12(9-13(11-30-32-29)37-38(7,8)23(4,5)6)10-14(33)35-20-18(27)16(25)15(24)17(26)19(20)28/h12-13H,9-11H2,1-8H3,(H,31,34)/t12-,13+/m1/s1. The Kier molecular flexibility index (Phi) is 11.1. The Morgan fingerprint density at radius 3 is 1.92 bits per heavy atom. The number of alkyl carbamates (subject to hydrolysis) is 1. The van der Waals surface area contributed by atoms with Crippen molar-refractivity contribution >= 4 is 20.4 Å². The van der Waals surface area contributed by atoms with Crippen LogP contribution in [0.5, 0.6) is 5.75 Å². The van der Waals surface area contributed by atoms with Crippen molar-refractivity contribution in [2.45, 2.75) is 90.3 Å². The number of rotatable bonds is 10. The van der Waals surface area contributed by atoms with Gasteiger partial charge in [0, 0.05) is 11.0 Å². The zero-order chi connectivity index (χ0) is 29.6. The molecular formula is C23H33F5N4O5Si. The molecule has 15 heteroatoms. The van der Waals surface area contributed by atoms with Crippen LogP contribution < -0.4 is 10.1 Å². The van der Waals surface area contributed by atoms with Crippen LogP contribution in [0.2, 0.25) is 18.1 Å². The van der Waals surface area contributed by atoms with Crippen LogP contribution in [0.3, 0.4) is 0 Å². The quantitative estimate of drug-likeness (QED) is 0.0389. The molecule has 1 aromatic carbocycles. The lowest BCUT2D eigenvalue weighted by atomic mass is 10.1. The van der Waals surface area contributed by atoms with Crippen LogP contribution in [-0.4, -0.2) is 44.7 Å². The first-order chi connectivity index (χ1) is 17.2. The number of amides is 1. The number of ether oxygens (including phenoxy) is 2. The molecule has 0 saturated carbocycles. The molecule has 9 nitrogen and oxygen atoms in total. The van der Waals surface area contributed by atoms with Crippen LogP contribution in [0.25, 0.3) is 10.4 Å². The molecule has 1 rings (SSSR count). The summed E-state index contributed by atoms with van der Waals surface area (Å²) in [6.45, 7) is 14.3. The van der Waals surface area contributed by atoms with E-state index in [1.54, 1.807) is 20.8 Å². The van der Waals surface area contributed by atoms with E-state index >= 15 is 0 Å². The zero-order valence-electron chi connectivity index (χ0n) is 22.5. The number of halogens is 5. The van der Waals surface area contributed by atoms with Gasteiger partial charge in [-0.2, -0.15) is 8.78 Å². The first-order valence-corrected chi connectivity index (χ1v) is 14.5. The molecule has 38 heavy (non-hydrogen) atoms. The van der Waals surface area contributed by atoms with Crippen molar-refractivity contribution in [1.82, 2.24) is 5.32 Å². The minimum absolute atomic E-state index is 0.142. The minimum Gasteiger partial charge on any atom is -0.444 e. The summed E-state index contributed by atoms with van der Waals surface area (Å²) in [4.78, 5) is 27.7. The predicted octanol–water partition coefficient (Wildman–Crippen LogP) is 6.66. The van der Waals surface area contributed by atoms with E-state index in [0.29, 0.717) is 0 Å². The fraction of sp³-hybridized carbons (Fsp3) is 0.652. The lowest BCUT2D eigenvalue weighted by molar-refractivity contribution is -0.135. The third kappa shape index (κ3) is 9.44. The average molecular weight is 569 g/mol. The van der Waals surface area contributed by atoms with Gasteiger partial charge in [0.25, 0.3) is 0 Å². The summed E-state index contributed by atoms with van der Waals surface area (Å²) in [6.07, 6.45) is -2.68. The third-order valence-corrected chi connectivity index (χ3v) is 10.2. The molecule has 0 unspecified atom stereocenters. The van der Waals surface area contributed by atoms with Gasteiger partial charge in [0.05, 0.1) is 19.1 Å². The summed E-state index contributed by atoms with van der Waals surface area (Å²) in [6, 6.07) is -1.16. The van der Waals surface area contributed by atoms with Gasteiger partial charge in [-0.3, -0.25) is 4.79 Å². The monoisotopic (exact) mass is 568 g/mol. The van der Waals surface area contributed by atoms with E-state index in [9.17, 15) is 31.5 Å². The number of hydrogen-bond donors (Lipinski definition) is 1. The van der Waals surface area contributed by atoms with Gasteiger partial charge in [-0.25, -0.2) is 18.0 Å². The summed E-state index contributed by atoms with van der Waals surface area (Å²) in [5.74, 6) is -14.8. The van der Waals surface area contributed by atoms with Gasteiger partial charge in [0.15, 0.2) is 8.32 Å². The maximum Gasteiger partial charge on any atom is 0.407 e. The molecule has 2 atom stereocenters. The second kappa shape index (κ2) is 12.8. The number of azide groups is 1. The molecule has 0 fully saturated rings. The van der Waals surface area contributed by atoms with Gasteiger partial charge in [-0.1, -0.05) is 25.9 Å². The van der Waals surface area contributed by atoms with Gasteiger partial charge in [0.2, 0.25) is 34.8 Å². The summed E-state index contributed by atoms with van der Waals surface area (Å²) in [5.41, 5.74) is 7.87. The Morgan fingerprint density at radius 1 is 0.974 bits per heavy atom. The SMILES string of the molecule is CC(C)(C)OC(=O)N[C@@H](CC(=O)Oc1c(F)c(F)c(F)c(F)c1F)C[C@@H](CN=[N+]=[N-])O[Si](C)(C)C(C)(C)C. The number of benzene rings is 1. The summed E-state index contributed by atoms with van der Waals surface area (Å²) < 4.78 is 84.3. The first-order valence-electron chi connectivity index (χ1n) is 11.6. The summed E-state index contributed by atoms with van der Waals surface area (Å²) in [7, 11) is -2.46. The predicted molar refractivity (Wildman–Crippen MR) is 130 cm³/mol. The third-order valence-electron chi connectivity index (χ3n) is 5.68. The molecule has 1 N–H and O–H groups in total. The van der Waals surface area contributed by atoms with Crippen LogP contribution in [-0.2, 0) is 14.0 Å². The van der Waals surface area contributed by atoms with Gasteiger partial charge in [-0.15, -0.1) is 0 Å².